The summed E-state index contributed by atoms with van der Waals surface area (Å²) in [7, 11) is 0. The van der Waals surface area contributed by atoms with Crippen LogP contribution in [0.5, 0.6) is 5.88 Å². The number of hydrogen-bond acceptors (Lipinski definition) is 7. The highest BCUT2D eigenvalue weighted by atomic mass is 35.5. The number of rotatable bonds is 8. The Morgan fingerprint density at radius 2 is 1.77 bits per heavy atom. The molecule has 6 rings (SSSR count). The van der Waals surface area contributed by atoms with Crippen LogP contribution in [-0.4, -0.2) is 34.9 Å². The number of fused-ring (bicyclic) bond motifs is 1. The van der Waals surface area contributed by atoms with Gasteiger partial charge in [0.25, 0.3) is 5.65 Å². The Morgan fingerprint density at radius 3 is 2.40 bits per heavy atom. The second-order valence-corrected chi connectivity index (χ2v) is 14.2. The molecule has 0 aliphatic carbocycles. The maximum absolute atomic E-state index is 14.3. The minimum atomic E-state index is -0.861. The van der Waals surface area contributed by atoms with Crippen LogP contribution < -0.4 is 15.2 Å². The Morgan fingerprint density at radius 1 is 1.04 bits per heavy atom. The lowest BCUT2D eigenvalue weighted by molar-refractivity contribution is -0.707. The van der Waals surface area contributed by atoms with Crippen LogP contribution in [0.25, 0.3) is 16.8 Å². The van der Waals surface area contributed by atoms with E-state index in [-0.39, 0.29) is 23.1 Å². The molecule has 6 aromatic rings. The monoisotopic (exact) mass is 694 g/mol. The normalized spacial score (nSPS) is 12.8. The van der Waals surface area contributed by atoms with Crippen molar-refractivity contribution in [3.05, 3.63) is 128 Å². The molecular formula is C34H33Cl2FN6O3S. The van der Waals surface area contributed by atoms with Gasteiger partial charge < -0.3 is 10.2 Å². The van der Waals surface area contributed by atoms with Crippen molar-refractivity contribution in [3.63, 3.8) is 0 Å². The van der Waals surface area contributed by atoms with Crippen molar-refractivity contribution < 1.29 is 19.2 Å². The summed E-state index contributed by atoms with van der Waals surface area (Å²) in [5, 5.41) is 29.1. The van der Waals surface area contributed by atoms with E-state index in [4.69, 9.17) is 23.2 Å². The molecule has 1 N–H and O–H groups in total. The van der Waals surface area contributed by atoms with Crippen LogP contribution in [0.2, 0.25) is 9.49 Å². The summed E-state index contributed by atoms with van der Waals surface area (Å²) in [4.78, 5) is 21.5. The first-order chi connectivity index (χ1) is 22.4. The third-order valence-corrected chi connectivity index (χ3v) is 9.37. The molecule has 0 fully saturated rings. The molecular weight excluding hydrogens is 662 g/mol. The van der Waals surface area contributed by atoms with E-state index in [1.807, 2.05) is 45.0 Å². The van der Waals surface area contributed by atoms with Crippen molar-refractivity contribution in [1.29, 1.82) is 0 Å². The van der Waals surface area contributed by atoms with E-state index in [1.54, 1.807) is 47.7 Å². The minimum Gasteiger partial charge on any atom is -0.842 e. The Bertz CT molecular complexity index is 2030. The first kappa shape index (κ1) is 34.2. The molecule has 4 aromatic heterocycles. The second-order valence-electron chi connectivity index (χ2n) is 12.1. The zero-order chi connectivity index (χ0) is 33.8. The van der Waals surface area contributed by atoms with E-state index in [0.717, 1.165) is 16.3 Å². The fourth-order valence-corrected chi connectivity index (χ4v) is 6.21. The maximum atomic E-state index is 14.3. The van der Waals surface area contributed by atoms with Crippen LogP contribution in [0, 0.1) is 11.2 Å². The van der Waals surface area contributed by atoms with Crippen LogP contribution in [0.4, 0.5) is 4.39 Å². The fourth-order valence-electron chi connectivity index (χ4n) is 5.11. The highest BCUT2D eigenvalue weighted by molar-refractivity contribution is 7.15. The predicted octanol–water partition coefficient (Wildman–Crippen LogP) is 5.97. The molecule has 0 aliphatic heterocycles. The van der Waals surface area contributed by atoms with Crippen LogP contribution >= 0.6 is 34.5 Å². The highest BCUT2D eigenvalue weighted by Crippen LogP contribution is 2.36. The van der Waals surface area contributed by atoms with Crippen molar-refractivity contribution >= 4 is 40.2 Å². The molecule has 2 aromatic carbocycles. The number of nitrogens with zero attached hydrogens (tertiary/aromatic N) is 6. The molecule has 4 heterocycles. The Balaban J connectivity index is 0.000000189. The summed E-state index contributed by atoms with van der Waals surface area (Å²) in [5.41, 5.74) is -0.326. The number of halogens is 3. The Labute approximate surface area is 285 Å². The predicted molar refractivity (Wildman–Crippen MR) is 179 cm³/mol. The summed E-state index contributed by atoms with van der Waals surface area (Å²) in [6.45, 7) is 6.76. The quantitative estimate of drug-likeness (QED) is 0.197. The second kappa shape index (κ2) is 14.3. The van der Waals surface area contributed by atoms with Gasteiger partial charge in [0.1, 0.15) is 30.6 Å². The Hall–Kier alpha value is -4.16. The molecule has 9 nitrogen and oxygen atoms in total. The van der Waals surface area contributed by atoms with Gasteiger partial charge in [0, 0.05) is 22.8 Å². The van der Waals surface area contributed by atoms with Gasteiger partial charge in [-0.05, 0) is 48.1 Å². The van der Waals surface area contributed by atoms with E-state index in [9.17, 15) is 19.4 Å². The van der Waals surface area contributed by atoms with Crippen molar-refractivity contribution in [2.24, 2.45) is 5.41 Å². The first-order valence-electron chi connectivity index (χ1n) is 14.7. The summed E-state index contributed by atoms with van der Waals surface area (Å²) in [6.07, 6.45) is 7.70. The zero-order valence-corrected chi connectivity index (χ0v) is 28.3. The summed E-state index contributed by atoms with van der Waals surface area (Å²) in [6, 6.07) is 18.6. The molecule has 0 radical (unpaired) electrons. The van der Waals surface area contributed by atoms with E-state index < -0.39 is 22.9 Å². The molecule has 13 heteroatoms. The van der Waals surface area contributed by atoms with Gasteiger partial charge in [-0.15, -0.1) is 11.3 Å². The van der Waals surface area contributed by atoms with E-state index in [0.29, 0.717) is 23.1 Å². The first-order valence-corrected chi connectivity index (χ1v) is 16.3. The topological polar surface area (TPSA) is 112 Å². The third-order valence-electron chi connectivity index (χ3n) is 8.02. The van der Waals surface area contributed by atoms with Crippen molar-refractivity contribution in [2.45, 2.75) is 52.3 Å². The van der Waals surface area contributed by atoms with E-state index in [2.05, 4.69) is 15.1 Å². The van der Waals surface area contributed by atoms with E-state index in [1.165, 1.54) is 50.4 Å². The van der Waals surface area contributed by atoms with Gasteiger partial charge in [0.2, 0.25) is 0 Å². The van der Waals surface area contributed by atoms with Crippen molar-refractivity contribution in [1.82, 2.24) is 24.1 Å². The number of thiazole rings is 1. The molecule has 1 unspecified atom stereocenters. The lowest BCUT2D eigenvalue weighted by Gasteiger charge is -2.40. The minimum absolute atomic E-state index is 0.0168. The summed E-state index contributed by atoms with van der Waals surface area (Å²) < 4.78 is 19.1. The molecule has 0 spiro atoms. The van der Waals surface area contributed by atoms with Gasteiger partial charge in [-0.25, -0.2) is 23.7 Å². The number of aliphatic hydroxyl groups is 1. The molecule has 244 valence electrons. The van der Waals surface area contributed by atoms with Crippen LogP contribution in [0.15, 0.2) is 96.6 Å². The van der Waals surface area contributed by atoms with Gasteiger partial charge in [-0.1, -0.05) is 80.4 Å². The average Bonchev–Trinajstić information content (AvgIpc) is 3.71. The maximum Gasteiger partial charge on any atom is 0.349 e. The SMILES string of the molecule is CC(C)(C)C(O)(CCc1ccc(Cl)cc1)Cn1cncn1.O=c1c(-c2ccccc2F)c([O-])[n+](Cc2cnc(Cl)s2)c2ccccn12. The third kappa shape index (κ3) is 7.87. The molecule has 0 saturated heterocycles. The molecule has 0 bridgehead atoms. The van der Waals surface area contributed by atoms with Crippen LogP contribution in [-0.2, 0) is 19.5 Å². The fraction of sp³-hybridized carbons (Fsp3) is 0.265. The molecule has 0 amide bonds. The highest BCUT2D eigenvalue weighted by Gasteiger charge is 2.40. The van der Waals surface area contributed by atoms with Crippen molar-refractivity contribution in [3.8, 4) is 17.0 Å². The number of benzene rings is 2. The lowest BCUT2D eigenvalue weighted by atomic mass is 9.73. The smallest absolute Gasteiger partial charge is 0.349 e. The van der Waals surface area contributed by atoms with Gasteiger partial charge in [0.05, 0.1) is 29.1 Å². The van der Waals surface area contributed by atoms with E-state index >= 15 is 0 Å². The van der Waals surface area contributed by atoms with Crippen LogP contribution in [0.3, 0.4) is 0 Å². The molecule has 0 saturated carbocycles. The average molecular weight is 696 g/mol. The number of aromatic nitrogens is 6. The lowest BCUT2D eigenvalue weighted by Crippen LogP contribution is -2.47. The number of pyridine rings is 1. The van der Waals surface area contributed by atoms with Gasteiger partial charge in [0.15, 0.2) is 4.47 Å². The Kier molecular flexibility index (Phi) is 10.4. The summed E-state index contributed by atoms with van der Waals surface area (Å²) in [5.74, 6) is -1.18. The summed E-state index contributed by atoms with van der Waals surface area (Å²) >= 11 is 13.0. The standard InChI is InChI=1S/C18H11ClFN3O2S.C16H22ClN3O/c19-18-21-9-11(26-18)10-23-14-7-3-4-8-22(14)16(24)15(17(23)25)12-5-1-2-6-13(12)20;1-15(2,3)16(21,10-20-12-18-11-19-20)9-8-13-4-6-14(17)7-5-13/h1-9H,10H2;4-7,11-12,21H,8-10H2,1-3H3. The molecule has 47 heavy (non-hydrogen) atoms. The molecule has 1 atom stereocenters. The van der Waals surface area contributed by atoms with Gasteiger partial charge in [-0.3, -0.25) is 4.68 Å². The molecule has 0 aliphatic rings. The van der Waals surface area contributed by atoms with Crippen molar-refractivity contribution in [2.75, 3.05) is 0 Å². The largest absolute Gasteiger partial charge is 0.842 e. The van der Waals surface area contributed by atoms with Gasteiger partial charge in [-0.2, -0.15) is 9.50 Å². The number of hydrogen-bond donors (Lipinski definition) is 1. The van der Waals surface area contributed by atoms with Crippen LogP contribution in [0.1, 0.15) is 37.6 Å². The zero-order valence-electron chi connectivity index (χ0n) is 26.0. The van der Waals surface area contributed by atoms with Gasteiger partial charge >= 0.3 is 5.56 Å². The number of aryl methyl sites for hydroxylation is 1.